The Labute approximate surface area is 126 Å². The summed E-state index contributed by atoms with van der Waals surface area (Å²) >= 11 is 0. The molecule has 0 aliphatic rings. The topological polar surface area (TPSA) is 46.2 Å². The van der Waals surface area contributed by atoms with Crippen LogP contribution in [0, 0.1) is 11.3 Å². The zero-order valence-electron chi connectivity index (χ0n) is 14.5. The minimum absolute atomic E-state index is 0.104. The molecule has 20 heavy (non-hydrogen) atoms. The van der Waals surface area contributed by atoms with Crippen LogP contribution in [0.4, 0.5) is 0 Å². The SMILES string of the molecule is CCC(CC)(CCS(=O)(=O)C(C)(C)C)CNCC(C)C. The highest BCUT2D eigenvalue weighted by Gasteiger charge is 2.33. The third-order valence-electron chi connectivity index (χ3n) is 4.39. The summed E-state index contributed by atoms with van der Waals surface area (Å²) in [4.78, 5) is 0. The standard InChI is InChI=1S/C16H35NO2S/c1-8-16(9-2,13-17-12-14(3)4)10-11-20(18,19)15(5,6)7/h14,17H,8-13H2,1-7H3. The highest BCUT2D eigenvalue weighted by atomic mass is 32.2. The van der Waals surface area contributed by atoms with Crippen molar-refractivity contribution in [1.29, 1.82) is 0 Å². The Balaban J connectivity index is 4.70. The molecule has 0 aliphatic carbocycles. The lowest BCUT2D eigenvalue weighted by Gasteiger charge is -2.33. The van der Waals surface area contributed by atoms with Gasteiger partial charge in [-0.2, -0.15) is 0 Å². The van der Waals surface area contributed by atoms with Gasteiger partial charge < -0.3 is 5.32 Å². The summed E-state index contributed by atoms with van der Waals surface area (Å²) in [6.45, 7) is 16.0. The predicted molar refractivity (Wildman–Crippen MR) is 88.9 cm³/mol. The van der Waals surface area contributed by atoms with Gasteiger partial charge in [0.1, 0.15) is 0 Å². The molecule has 0 aromatic rings. The van der Waals surface area contributed by atoms with Crippen LogP contribution in [0.1, 0.15) is 67.7 Å². The molecule has 0 aromatic heterocycles. The highest BCUT2D eigenvalue weighted by molar-refractivity contribution is 7.92. The van der Waals surface area contributed by atoms with E-state index >= 15 is 0 Å². The van der Waals surface area contributed by atoms with Gasteiger partial charge in [-0.05, 0) is 57.9 Å². The summed E-state index contributed by atoms with van der Waals surface area (Å²) in [7, 11) is -3.02. The van der Waals surface area contributed by atoms with E-state index < -0.39 is 14.6 Å². The second kappa shape index (κ2) is 7.79. The van der Waals surface area contributed by atoms with Gasteiger partial charge in [0.05, 0.1) is 10.5 Å². The second-order valence-corrected chi connectivity index (χ2v) is 10.3. The van der Waals surface area contributed by atoms with E-state index in [0.29, 0.717) is 11.7 Å². The molecule has 0 aliphatic heterocycles. The Hall–Kier alpha value is -0.0900. The average Bonchev–Trinajstić information content (AvgIpc) is 2.32. The fraction of sp³-hybridized carbons (Fsp3) is 1.00. The average molecular weight is 306 g/mol. The Morgan fingerprint density at radius 3 is 1.90 bits per heavy atom. The van der Waals surface area contributed by atoms with Crippen molar-refractivity contribution in [3.05, 3.63) is 0 Å². The molecule has 0 spiro atoms. The predicted octanol–water partition coefficient (Wildman–Crippen LogP) is 3.64. The first-order chi connectivity index (χ1) is 8.99. The lowest BCUT2D eigenvalue weighted by atomic mass is 9.79. The maximum absolute atomic E-state index is 12.3. The normalized spacial score (nSPS) is 14.0. The van der Waals surface area contributed by atoms with Crippen LogP contribution in [0.2, 0.25) is 0 Å². The number of hydrogen-bond acceptors (Lipinski definition) is 3. The zero-order valence-corrected chi connectivity index (χ0v) is 15.4. The van der Waals surface area contributed by atoms with E-state index in [1.807, 2.05) is 0 Å². The van der Waals surface area contributed by atoms with Gasteiger partial charge in [-0.15, -0.1) is 0 Å². The van der Waals surface area contributed by atoms with Gasteiger partial charge in [0, 0.05) is 6.54 Å². The van der Waals surface area contributed by atoms with Crippen molar-refractivity contribution < 1.29 is 8.42 Å². The third-order valence-corrected chi connectivity index (χ3v) is 6.99. The molecule has 0 rings (SSSR count). The Morgan fingerprint density at radius 1 is 1.05 bits per heavy atom. The maximum atomic E-state index is 12.3. The van der Waals surface area contributed by atoms with E-state index in [1.165, 1.54) is 0 Å². The Kier molecular flexibility index (Phi) is 7.75. The maximum Gasteiger partial charge on any atom is 0.155 e. The molecule has 0 amide bonds. The smallest absolute Gasteiger partial charge is 0.155 e. The molecular weight excluding hydrogens is 270 g/mol. The van der Waals surface area contributed by atoms with Crippen molar-refractivity contribution in [2.24, 2.45) is 11.3 Å². The van der Waals surface area contributed by atoms with Gasteiger partial charge >= 0.3 is 0 Å². The largest absolute Gasteiger partial charge is 0.316 e. The van der Waals surface area contributed by atoms with Crippen LogP contribution >= 0.6 is 0 Å². The van der Waals surface area contributed by atoms with E-state index in [0.717, 1.165) is 32.4 Å². The Bertz CT molecular complexity index is 362. The van der Waals surface area contributed by atoms with Crippen LogP contribution in [-0.2, 0) is 9.84 Å². The first kappa shape index (κ1) is 19.9. The summed E-state index contributed by atoms with van der Waals surface area (Å²) in [6.07, 6.45) is 2.80. The Morgan fingerprint density at radius 2 is 1.55 bits per heavy atom. The quantitative estimate of drug-likeness (QED) is 0.707. The summed E-state index contributed by atoms with van der Waals surface area (Å²) < 4.78 is 23.9. The molecule has 0 aromatic carbocycles. The molecule has 122 valence electrons. The highest BCUT2D eigenvalue weighted by Crippen LogP contribution is 2.32. The van der Waals surface area contributed by atoms with Crippen LogP contribution < -0.4 is 5.32 Å². The van der Waals surface area contributed by atoms with Crippen molar-refractivity contribution in [2.45, 2.75) is 72.5 Å². The second-order valence-electron chi connectivity index (χ2n) is 7.41. The van der Waals surface area contributed by atoms with E-state index in [1.54, 1.807) is 20.8 Å². The molecule has 0 heterocycles. The van der Waals surface area contributed by atoms with Crippen molar-refractivity contribution in [3.8, 4) is 0 Å². The number of rotatable bonds is 9. The van der Waals surface area contributed by atoms with Crippen molar-refractivity contribution in [1.82, 2.24) is 5.32 Å². The van der Waals surface area contributed by atoms with Crippen LogP contribution in [0.5, 0.6) is 0 Å². The van der Waals surface area contributed by atoms with Crippen LogP contribution in [0.25, 0.3) is 0 Å². The fourth-order valence-electron chi connectivity index (χ4n) is 2.23. The molecule has 0 saturated heterocycles. The number of sulfone groups is 1. The van der Waals surface area contributed by atoms with Gasteiger partial charge in [0.2, 0.25) is 0 Å². The van der Waals surface area contributed by atoms with Crippen LogP contribution in [-0.4, -0.2) is 32.0 Å². The molecule has 0 unspecified atom stereocenters. The molecule has 0 saturated carbocycles. The van der Waals surface area contributed by atoms with E-state index in [2.05, 4.69) is 33.0 Å². The van der Waals surface area contributed by atoms with Crippen molar-refractivity contribution >= 4 is 9.84 Å². The van der Waals surface area contributed by atoms with Gasteiger partial charge in [0.25, 0.3) is 0 Å². The lowest BCUT2D eigenvalue weighted by molar-refractivity contribution is 0.236. The number of nitrogens with one attached hydrogen (secondary N) is 1. The van der Waals surface area contributed by atoms with Gasteiger partial charge in [0.15, 0.2) is 9.84 Å². The van der Waals surface area contributed by atoms with Crippen molar-refractivity contribution in [3.63, 3.8) is 0 Å². The molecule has 0 bridgehead atoms. The molecule has 0 fully saturated rings. The first-order valence-electron chi connectivity index (χ1n) is 7.92. The molecule has 1 N–H and O–H groups in total. The van der Waals surface area contributed by atoms with Gasteiger partial charge in [-0.3, -0.25) is 0 Å². The van der Waals surface area contributed by atoms with E-state index in [-0.39, 0.29) is 5.41 Å². The number of hydrogen-bond donors (Lipinski definition) is 1. The minimum atomic E-state index is -3.02. The monoisotopic (exact) mass is 305 g/mol. The summed E-state index contributed by atoms with van der Waals surface area (Å²) in [5, 5.41) is 3.51. The fourth-order valence-corrected chi connectivity index (χ4v) is 3.54. The third kappa shape index (κ3) is 6.13. The summed E-state index contributed by atoms with van der Waals surface area (Å²) in [5.41, 5.74) is 0.104. The molecule has 4 heteroatoms. The van der Waals surface area contributed by atoms with Gasteiger partial charge in [-0.1, -0.05) is 27.7 Å². The molecule has 3 nitrogen and oxygen atoms in total. The van der Waals surface area contributed by atoms with E-state index in [4.69, 9.17) is 0 Å². The zero-order chi connectivity index (χ0) is 16.0. The van der Waals surface area contributed by atoms with Gasteiger partial charge in [-0.25, -0.2) is 8.42 Å². The van der Waals surface area contributed by atoms with Crippen LogP contribution in [0.3, 0.4) is 0 Å². The molecular formula is C16H35NO2S. The summed E-state index contributed by atoms with van der Waals surface area (Å²) in [5.74, 6) is 0.918. The molecule has 0 atom stereocenters. The van der Waals surface area contributed by atoms with Crippen LogP contribution in [0.15, 0.2) is 0 Å². The minimum Gasteiger partial charge on any atom is -0.316 e. The lowest BCUT2D eigenvalue weighted by Crippen LogP contribution is -2.39. The first-order valence-corrected chi connectivity index (χ1v) is 9.58. The molecule has 0 radical (unpaired) electrons. The van der Waals surface area contributed by atoms with Crippen molar-refractivity contribution in [2.75, 3.05) is 18.8 Å². The summed E-state index contributed by atoms with van der Waals surface area (Å²) in [6, 6.07) is 0. The van der Waals surface area contributed by atoms with E-state index in [9.17, 15) is 8.42 Å².